The summed E-state index contributed by atoms with van der Waals surface area (Å²) < 4.78 is 7.20. The van der Waals surface area contributed by atoms with Crippen LogP contribution in [0.4, 0.5) is 5.00 Å². The molecule has 35 heavy (non-hydrogen) atoms. The average Bonchev–Trinajstić information content (AvgIpc) is 3.50. The van der Waals surface area contributed by atoms with Gasteiger partial charge in [-0.05, 0) is 93.4 Å². The molecule has 7 nitrogen and oxygen atoms in total. The third-order valence-electron chi connectivity index (χ3n) is 8.70. The van der Waals surface area contributed by atoms with E-state index in [0.29, 0.717) is 16.0 Å². The summed E-state index contributed by atoms with van der Waals surface area (Å²) in [4.78, 5) is 26.4. The molecule has 0 aromatic carbocycles. The van der Waals surface area contributed by atoms with Crippen molar-refractivity contribution in [3.8, 4) is 0 Å². The molecule has 0 saturated heterocycles. The topological polar surface area (TPSA) is 86.1 Å². The molecule has 7 rings (SSSR count). The Bertz CT molecular complexity index is 1120. The average molecular weight is 515 g/mol. The van der Waals surface area contributed by atoms with Crippen LogP contribution in [0.2, 0.25) is 0 Å². The van der Waals surface area contributed by atoms with Crippen LogP contribution in [-0.2, 0) is 35.3 Å². The Labute approximate surface area is 214 Å². The van der Waals surface area contributed by atoms with E-state index < -0.39 is 0 Å². The predicted octanol–water partition coefficient (Wildman–Crippen LogP) is 5.12. The van der Waals surface area contributed by atoms with Crippen LogP contribution in [0, 0.1) is 23.2 Å². The molecule has 1 N–H and O–H groups in total. The summed E-state index contributed by atoms with van der Waals surface area (Å²) in [6, 6.07) is 0. The lowest BCUT2D eigenvalue weighted by molar-refractivity contribution is -0.113. The second-order valence-corrected chi connectivity index (χ2v) is 13.2. The van der Waals surface area contributed by atoms with Gasteiger partial charge in [0.2, 0.25) is 5.91 Å². The third-order valence-corrected chi connectivity index (χ3v) is 10.9. The molecule has 188 valence electrons. The number of nitrogens with zero attached hydrogens (tertiary/aromatic N) is 3. The van der Waals surface area contributed by atoms with Crippen molar-refractivity contribution < 1.29 is 14.3 Å². The number of hydrogen-bond donors (Lipinski definition) is 1. The zero-order valence-corrected chi connectivity index (χ0v) is 22.2. The molecule has 0 atom stereocenters. The van der Waals surface area contributed by atoms with Crippen LogP contribution in [0.15, 0.2) is 5.16 Å². The van der Waals surface area contributed by atoms with Crippen molar-refractivity contribution in [2.24, 2.45) is 23.2 Å². The molecule has 2 aromatic rings. The molecule has 5 aliphatic carbocycles. The molecule has 1 amide bonds. The van der Waals surface area contributed by atoms with E-state index in [1.807, 2.05) is 0 Å². The van der Waals surface area contributed by atoms with Crippen LogP contribution in [0.1, 0.15) is 78.5 Å². The zero-order chi connectivity index (χ0) is 24.2. The van der Waals surface area contributed by atoms with Crippen molar-refractivity contribution in [3.63, 3.8) is 0 Å². The Kier molecular flexibility index (Phi) is 6.19. The van der Waals surface area contributed by atoms with Gasteiger partial charge >= 0.3 is 5.97 Å². The molecule has 0 unspecified atom stereocenters. The van der Waals surface area contributed by atoms with Crippen molar-refractivity contribution in [1.29, 1.82) is 0 Å². The number of nitrogens with one attached hydrogen (secondary N) is 1. The molecule has 4 bridgehead atoms. The van der Waals surface area contributed by atoms with Crippen molar-refractivity contribution in [1.82, 2.24) is 14.8 Å². The van der Waals surface area contributed by atoms with E-state index in [0.717, 1.165) is 66.5 Å². The minimum Gasteiger partial charge on any atom is -0.465 e. The van der Waals surface area contributed by atoms with Gasteiger partial charge in [0.25, 0.3) is 0 Å². The SMILES string of the molecule is CCn1c(CC23CC4CC(CC(C4)C2)C3)nnc1SCC(=O)Nc1sc2c(c1C(=O)OC)CCC2. The van der Waals surface area contributed by atoms with E-state index in [1.54, 1.807) is 0 Å². The first-order valence-electron chi connectivity index (χ1n) is 13.0. The molecular formula is C26H34N4O3S2. The minimum absolute atomic E-state index is 0.131. The summed E-state index contributed by atoms with van der Waals surface area (Å²) in [6.07, 6.45) is 12.3. The highest BCUT2D eigenvalue weighted by atomic mass is 32.2. The fraction of sp³-hybridized carbons (Fsp3) is 0.692. The zero-order valence-electron chi connectivity index (χ0n) is 20.6. The first kappa shape index (κ1) is 23.5. The molecule has 2 heterocycles. The lowest BCUT2D eigenvalue weighted by atomic mass is 9.49. The number of thiophene rings is 1. The number of thioether (sulfide) groups is 1. The highest BCUT2D eigenvalue weighted by molar-refractivity contribution is 7.99. The quantitative estimate of drug-likeness (QED) is 0.389. The van der Waals surface area contributed by atoms with Crippen LogP contribution in [0.3, 0.4) is 0 Å². The summed E-state index contributed by atoms with van der Waals surface area (Å²) in [7, 11) is 1.39. The highest BCUT2D eigenvalue weighted by Gasteiger charge is 2.51. The number of fused-ring (bicyclic) bond motifs is 1. The van der Waals surface area contributed by atoms with Gasteiger partial charge in [0.05, 0.1) is 18.4 Å². The van der Waals surface area contributed by atoms with Crippen molar-refractivity contribution in [3.05, 3.63) is 21.8 Å². The van der Waals surface area contributed by atoms with Gasteiger partial charge in [-0.1, -0.05) is 11.8 Å². The van der Waals surface area contributed by atoms with E-state index in [4.69, 9.17) is 4.74 Å². The first-order valence-corrected chi connectivity index (χ1v) is 14.8. The van der Waals surface area contributed by atoms with Gasteiger partial charge in [0.15, 0.2) is 5.16 Å². The van der Waals surface area contributed by atoms with E-state index in [-0.39, 0.29) is 17.6 Å². The van der Waals surface area contributed by atoms with Gasteiger partial charge in [-0.15, -0.1) is 21.5 Å². The Morgan fingerprint density at radius 3 is 2.51 bits per heavy atom. The Morgan fingerprint density at radius 2 is 1.86 bits per heavy atom. The fourth-order valence-electron chi connectivity index (χ4n) is 7.82. The lowest BCUT2D eigenvalue weighted by Crippen LogP contribution is -2.47. The molecule has 4 saturated carbocycles. The monoisotopic (exact) mass is 514 g/mol. The number of amides is 1. The fourth-order valence-corrected chi connectivity index (χ4v) is 9.93. The Balaban J connectivity index is 1.12. The number of aromatic nitrogens is 3. The molecular weight excluding hydrogens is 480 g/mol. The van der Waals surface area contributed by atoms with Gasteiger partial charge in [-0.3, -0.25) is 4.79 Å². The maximum absolute atomic E-state index is 12.8. The second-order valence-electron chi connectivity index (χ2n) is 11.1. The van der Waals surface area contributed by atoms with Crippen molar-refractivity contribution in [2.45, 2.75) is 82.8 Å². The van der Waals surface area contributed by atoms with Gasteiger partial charge in [0, 0.05) is 17.8 Å². The molecule has 0 spiro atoms. The molecule has 0 radical (unpaired) electrons. The van der Waals surface area contributed by atoms with E-state index in [1.165, 1.54) is 73.6 Å². The lowest BCUT2D eigenvalue weighted by Gasteiger charge is -2.56. The Morgan fingerprint density at radius 1 is 1.14 bits per heavy atom. The molecule has 9 heteroatoms. The standard InChI is InChI=1S/C26H34N4O3S2/c1-3-30-20(13-26-10-15-7-16(11-26)9-17(8-15)12-26)28-29-25(30)34-14-21(31)27-23-22(24(32)33-2)18-5-4-6-19(18)35-23/h15-17H,3-14H2,1-2H3,(H,27,31). The third kappa shape index (κ3) is 4.32. The van der Waals surface area contributed by atoms with E-state index in [2.05, 4.69) is 27.0 Å². The number of esters is 1. The van der Waals surface area contributed by atoms with Gasteiger partial charge in [0.1, 0.15) is 10.8 Å². The number of aryl methyl sites for hydroxylation is 1. The maximum Gasteiger partial charge on any atom is 0.341 e. The number of anilines is 1. The van der Waals surface area contributed by atoms with Crippen LogP contribution < -0.4 is 5.32 Å². The maximum atomic E-state index is 12.8. The van der Waals surface area contributed by atoms with E-state index >= 15 is 0 Å². The summed E-state index contributed by atoms with van der Waals surface area (Å²) in [6.45, 7) is 2.94. The highest BCUT2D eigenvalue weighted by Crippen LogP contribution is 2.61. The number of hydrogen-bond acceptors (Lipinski definition) is 7. The second kappa shape index (κ2) is 9.21. The predicted molar refractivity (Wildman–Crippen MR) is 137 cm³/mol. The molecule has 2 aromatic heterocycles. The Hall–Kier alpha value is -1.87. The van der Waals surface area contributed by atoms with Crippen LogP contribution in [-0.4, -0.2) is 39.5 Å². The number of ether oxygens (including phenoxy) is 1. The summed E-state index contributed by atoms with van der Waals surface area (Å²) in [5.41, 5.74) is 2.00. The molecule has 5 aliphatic rings. The largest absolute Gasteiger partial charge is 0.465 e. The number of carbonyl (C=O) groups excluding carboxylic acids is 2. The first-order chi connectivity index (χ1) is 17.0. The normalized spacial score (nSPS) is 28.3. The summed E-state index contributed by atoms with van der Waals surface area (Å²) >= 11 is 2.94. The summed E-state index contributed by atoms with van der Waals surface area (Å²) in [5, 5.41) is 13.5. The van der Waals surface area contributed by atoms with Crippen LogP contribution in [0.25, 0.3) is 0 Å². The van der Waals surface area contributed by atoms with Gasteiger partial charge in [-0.2, -0.15) is 0 Å². The number of rotatable bonds is 8. The van der Waals surface area contributed by atoms with Crippen molar-refractivity contribution >= 4 is 40.0 Å². The van der Waals surface area contributed by atoms with Crippen LogP contribution in [0.5, 0.6) is 0 Å². The van der Waals surface area contributed by atoms with Crippen molar-refractivity contribution in [2.75, 3.05) is 18.2 Å². The number of carbonyl (C=O) groups is 2. The van der Waals surface area contributed by atoms with E-state index in [9.17, 15) is 9.59 Å². The van der Waals surface area contributed by atoms with Gasteiger partial charge in [-0.25, -0.2) is 4.79 Å². The van der Waals surface area contributed by atoms with Crippen LogP contribution >= 0.6 is 23.1 Å². The van der Waals surface area contributed by atoms with Gasteiger partial charge < -0.3 is 14.6 Å². The minimum atomic E-state index is -0.368. The molecule has 4 fully saturated rings. The smallest absolute Gasteiger partial charge is 0.341 e. The molecule has 0 aliphatic heterocycles. The number of methoxy groups -OCH3 is 1. The summed E-state index contributed by atoms with van der Waals surface area (Å²) in [5.74, 6) is 3.58.